The van der Waals surface area contributed by atoms with Gasteiger partial charge in [-0.3, -0.25) is 9.59 Å². The number of amides is 6. The maximum absolute atomic E-state index is 13.7. The van der Waals surface area contributed by atoms with Gasteiger partial charge in [-0.05, 0) is 60.1 Å². The lowest BCUT2D eigenvalue weighted by atomic mass is 10.0. The van der Waals surface area contributed by atoms with Crippen LogP contribution in [-0.4, -0.2) is 66.7 Å². The first kappa shape index (κ1) is 40.2. The predicted octanol–water partition coefficient (Wildman–Crippen LogP) is 5.96. The molecule has 0 saturated carbocycles. The third-order valence-corrected chi connectivity index (χ3v) is 9.06. The summed E-state index contributed by atoms with van der Waals surface area (Å²) in [5.74, 6) is -1.32. The third-order valence-electron chi connectivity index (χ3n) is 8.77. The standard InChI is InChI=1S/C39H47ClN6O7/c1-5-20-52-38(50)45-33(24(3)4)36(48)44-32(16-11-19-42-37(41)49)35(47)43-27-18-17-25(22-40)26(21-27)23-46(6-2)39(51)53-34-30-14-9-7-12-28(30)29-13-8-10-15-31(29)34/h5,7-10,12-15,17-18,21,24,32-34H,1,6,11,16,19-20,22-23H2,2-4H3,(H,43,47)(H,44,48)(H,45,50)(H3,41,42,49)/t32-,33-/m0/s1. The van der Waals surface area contributed by atoms with Gasteiger partial charge in [0.15, 0.2) is 6.10 Å². The van der Waals surface area contributed by atoms with Crippen molar-refractivity contribution in [3.05, 3.63) is 102 Å². The zero-order valence-corrected chi connectivity index (χ0v) is 30.9. The fraction of sp³-hybridized carbons (Fsp3) is 0.359. The Hall–Kier alpha value is -5.56. The summed E-state index contributed by atoms with van der Waals surface area (Å²) in [6.07, 6.45) is -0.0268. The van der Waals surface area contributed by atoms with Gasteiger partial charge in [0, 0.05) is 42.3 Å². The largest absolute Gasteiger partial charge is 0.445 e. The zero-order chi connectivity index (χ0) is 38.5. The van der Waals surface area contributed by atoms with Crippen LogP contribution in [0.3, 0.4) is 0 Å². The van der Waals surface area contributed by atoms with Crippen LogP contribution in [0, 0.1) is 5.92 Å². The van der Waals surface area contributed by atoms with E-state index in [0.29, 0.717) is 24.2 Å². The lowest BCUT2D eigenvalue weighted by molar-refractivity contribution is -0.128. The number of carbonyl (C=O) groups is 5. The number of nitrogens with zero attached hydrogens (tertiary/aromatic N) is 1. The Morgan fingerprint density at radius 3 is 2.19 bits per heavy atom. The minimum Gasteiger partial charge on any atom is -0.445 e. The van der Waals surface area contributed by atoms with E-state index in [-0.39, 0.29) is 37.9 Å². The molecule has 1 aliphatic rings. The summed E-state index contributed by atoms with van der Waals surface area (Å²) >= 11 is 6.31. The summed E-state index contributed by atoms with van der Waals surface area (Å²) in [6.45, 7) is 9.46. The lowest BCUT2D eigenvalue weighted by Crippen LogP contribution is -2.54. The molecule has 3 aromatic carbocycles. The molecular formula is C39H47ClN6O7. The molecule has 1 aliphatic carbocycles. The summed E-state index contributed by atoms with van der Waals surface area (Å²) < 4.78 is 11.1. The number of benzene rings is 3. The number of urea groups is 1. The Bertz CT molecular complexity index is 1760. The Balaban J connectivity index is 1.50. The average Bonchev–Trinajstić information content (AvgIpc) is 3.45. The van der Waals surface area contributed by atoms with Crippen molar-refractivity contribution in [2.24, 2.45) is 11.7 Å². The first-order valence-corrected chi connectivity index (χ1v) is 18.0. The van der Waals surface area contributed by atoms with Crippen molar-refractivity contribution in [2.45, 2.75) is 64.2 Å². The molecular weight excluding hydrogens is 700 g/mol. The van der Waals surface area contributed by atoms with Crippen molar-refractivity contribution in [1.82, 2.24) is 20.9 Å². The molecule has 0 spiro atoms. The fourth-order valence-corrected chi connectivity index (χ4v) is 6.28. The molecule has 14 heteroatoms. The quantitative estimate of drug-likeness (QED) is 0.0642. The molecule has 6 N–H and O–H groups in total. The number of alkyl halides is 1. The topological polar surface area (TPSA) is 181 Å². The lowest BCUT2D eigenvalue weighted by Gasteiger charge is -2.26. The summed E-state index contributed by atoms with van der Waals surface area (Å²) in [7, 11) is 0. The van der Waals surface area contributed by atoms with E-state index in [1.807, 2.05) is 55.5 Å². The van der Waals surface area contributed by atoms with Crippen molar-refractivity contribution in [1.29, 1.82) is 0 Å². The number of rotatable bonds is 17. The first-order chi connectivity index (χ1) is 25.5. The molecule has 0 saturated heterocycles. The molecule has 13 nitrogen and oxygen atoms in total. The minimum absolute atomic E-state index is 0.0402. The van der Waals surface area contributed by atoms with Gasteiger partial charge in [-0.1, -0.05) is 81.1 Å². The molecule has 0 aromatic heterocycles. The van der Waals surface area contributed by atoms with Crippen LogP contribution >= 0.6 is 11.6 Å². The van der Waals surface area contributed by atoms with E-state index in [9.17, 15) is 24.0 Å². The predicted molar refractivity (Wildman–Crippen MR) is 203 cm³/mol. The van der Waals surface area contributed by atoms with Crippen molar-refractivity contribution in [3.63, 3.8) is 0 Å². The monoisotopic (exact) mass is 746 g/mol. The molecule has 6 amide bonds. The second kappa shape index (κ2) is 19.3. The molecule has 0 aliphatic heterocycles. The molecule has 0 radical (unpaired) electrons. The number of hydrogen-bond donors (Lipinski definition) is 5. The van der Waals surface area contributed by atoms with Gasteiger partial charge in [0.1, 0.15) is 18.7 Å². The van der Waals surface area contributed by atoms with Gasteiger partial charge in [0.05, 0.1) is 0 Å². The van der Waals surface area contributed by atoms with E-state index in [0.717, 1.165) is 27.8 Å². The Morgan fingerprint density at radius 1 is 0.943 bits per heavy atom. The van der Waals surface area contributed by atoms with Crippen LogP contribution in [0.4, 0.5) is 20.1 Å². The Kier molecular flexibility index (Phi) is 14.7. The number of ether oxygens (including phenoxy) is 2. The van der Waals surface area contributed by atoms with Gasteiger partial charge in [0.25, 0.3) is 0 Å². The number of carbonyl (C=O) groups excluding carboxylic acids is 5. The molecule has 2 atom stereocenters. The van der Waals surface area contributed by atoms with E-state index < -0.39 is 48.2 Å². The zero-order valence-electron chi connectivity index (χ0n) is 30.2. The third kappa shape index (κ3) is 10.7. The van der Waals surface area contributed by atoms with Crippen LogP contribution in [0.2, 0.25) is 0 Å². The Labute approximate surface area is 314 Å². The van der Waals surface area contributed by atoms with Crippen molar-refractivity contribution in [3.8, 4) is 11.1 Å². The van der Waals surface area contributed by atoms with Gasteiger partial charge in [-0.25, -0.2) is 14.4 Å². The SMILES string of the molecule is C=CCOC(=O)N[C@H](C(=O)N[C@@H](CCCNC(N)=O)C(=O)Nc1ccc(CCl)c(CN(CC)C(=O)OC2c3ccccc3-c3ccccc32)c1)C(C)C. The molecule has 0 bridgehead atoms. The van der Waals surface area contributed by atoms with E-state index in [1.54, 1.807) is 36.9 Å². The highest BCUT2D eigenvalue weighted by atomic mass is 35.5. The van der Waals surface area contributed by atoms with Crippen molar-refractivity contribution < 1.29 is 33.4 Å². The fourth-order valence-electron chi connectivity index (χ4n) is 6.02. The molecule has 4 rings (SSSR count). The number of hydrogen-bond acceptors (Lipinski definition) is 7. The number of alkyl carbamates (subject to hydrolysis) is 1. The van der Waals surface area contributed by atoms with E-state index in [2.05, 4.69) is 27.8 Å². The number of primary amides is 1. The highest BCUT2D eigenvalue weighted by Gasteiger charge is 2.33. The van der Waals surface area contributed by atoms with Crippen LogP contribution in [-0.2, 0) is 31.5 Å². The first-order valence-electron chi connectivity index (χ1n) is 17.5. The smallest absolute Gasteiger partial charge is 0.411 e. The van der Waals surface area contributed by atoms with Crippen molar-refractivity contribution >= 4 is 47.3 Å². The van der Waals surface area contributed by atoms with Gasteiger partial charge < -0.3 is 41.4 Å². The second-order valence-electron chi connectivity index (χ2n) is 12.8. The van der Waals surface area contributed by atoms with Crippen LogP contribution in [0.15, 0.2) is 79.4 Å². The maximum Gasteiger partial charge on any atom is 0.411 e. The molecule has 0 heterocycles. The highest BCUT2D eigenvalue weighted by Crippen LogP contribution is 2.45. The molecule has 0 fully saturated rings. The molecule has 0 unspecified atom stereocenters. The van der Waals surface area contributed by atoms with Crippen molar-refractivity contribution in [2.75, 3.05) is 25.0 Å². The molecule has 53 heavy (non-hydrogen) atoms. The summed E-state index contributed by atoms with van der Waals surface area (Å²) in [5.41, 5.74) is 10.9. The highest BCUT2D eigenvalue weighted by molar-refractivity contribution is 6.17. The number of nitrogens with two attached hydrogens (primary N) is 1. The van der Waals surface area contributed by atoms with Crippen LogP contribution < -0.4 is 27.0 Å². The van der Waals surface area contributed by atoms with Gasteiger partial charge >= 0.3 is 18.2 Å². The van der Waals surface area contributed by atoms with Gasteiger partial charge in [0.2, 0.25) is 11.8 Å². The minimum atomic E-state index is -1.06. The number of nitrogens with one attached hydrogen (secondary N) is 4. The summed E-state index contributed by atoms with van der Waals surface area (Å²) in [6, 6.07) is 18.1. The second-order valence-corrected chi connectivity index (χ2v) is 13.1. The molecule has 3 aromatic rings. The number of halogens is 1. The van der Waals surface area contributed by atoms with E-state index in [1.165, 1.54) is 6.08 Å². The van der Waals surface area contributed by atoms with Crippen LogP contribution in [0.1, 0.15) is 62.0 Å². The number of anilines is 1. The van der Waals surface area contributed by atoms with Crippen LogP contribution in [0.5, 0.6) is 0 Å². The Morgan fingerprint density at radius 2 is 1.60 bits per heavy atom. The van der Waals surface area contributed by atoms with Gasteiger partial charge in [-0.2, -0.15) is 0 Å². The maximum atomic E-state index is 13.7. The molecule has 282 valence electrons. The van der Waals surface area contributed by atoms with Crippen LogP contribution in [0.25, 0.3) is 11.1 Å². The van der Waals surface area contributed by atoms with Gasteiger partial charge in [-0.15, -0.1) is 11.6 Å². The normalized spacial score (nSPS) is 12.8. The number of fused-ring (bicyclic) bond motifs is 3. The summed E-state index contributed by atoms with van der Waals surface area (Å²) in [4.78, 5) is 65.8. The summed E-state index contributed by atoms with van der Waals surface area (Å²) in [5, 5.41) is 10.6. The van der Waals surface area contributed by atoms with E-state index >= 15 is 0 Å². The average molecular weight is 747 g/mol. The van der Waals surface area contributed by atoms with E-state index in [4.69, 9.17) is 26.8 Å².